The Morgan fingerprint density at radius 3 is 2.48 bits per heavy atom. The Hall–Kier alpha value is -2.84. The minimum atomic E-state index is -3.80. The fourth-order valence-electron chi connectivity index (χ4n) is 2.69. The predicted molar refractivity (Wildman–Crippen MR) is 110 cm³/mol. The van der Waals surface area contributed by atoms with Crippen molar-refractivity contribution < 1.29 is 17.9 Å². The van der Waals surface area contributed by atoms with Crippen molar-refractivity contribution in [1.82, 2.24) is 9.78 Å². The molecule has 152 valence electrons. The van der Waals surface area contributed by atoms with Gasteiger partial charge in [0.05, 0.1) is 22.6 Å². The molecule has 3 aromatic rings. The first-order valence-electron chi connectivity index (χ1n) is 8.77. The summed E-state index contributed by atoms with van der Waals surface area (Å²) in [5.74, 6) is 0.0549. The van der Waals surface area contributed by atoms with E-state index in [0.29, 0.717) is 23.0 Å². The second-order valence-corrected chi connectivity index (χ2v) is 8.76. The average molecular weight is 434 g/mol. The molecule has 1 heterocycles. The van der Waals surface area contributed by atoms with Crippen LogP contribution in [0.25, 0.3) is 0 Å². The molecule has 0 aliphatic carbocycles. The second-order valence-electron chi connectivity index (χ2n) is 6.37. The molecule has 3 rings (SSSR count). The molecule has 0 aliphatic heterocycles. The van der Waals surface area contributed by atoms with Gasteiger partial charge in [0.2, 0.25) is 15.7 Å². The number of nitrogens with zero attached hydrogens (tertiary/aromatic N) is 2. The molecule has 0 spiro atoms. The van der Waals surface area contributed by atoms with Crippen LogP contribution in [0.3, 0.4) is 0 Å². The number of rotatable bonds is 7. The number of carbonyl (C=O) groups is 1. The molecule has 1 N–H and O–H groups in total. The zero-order valence-electron chi connectivity index (χ0n) is 15.9. The second kappa shape index (κ2) is 8.67. The predicted octanol–water partition coefficient (Wildman–Crippen LogP) is 3.72. The quantitative estimate of drug-likeness (QED) is 0.613. The van der Waals surface area contributed by atoms with Crippen molar-refractivity contribution >= 4 is 33.0 Å². The van der Waals surface area contributed by atoms with Gasteiger partial charge in [-0.15, -0.1) is 0 Å². The van der Waals surface area contributed by atoms with Crippen LogP contribution in [0.2, 0.25) is 5.02 Å². The molecular formula is C20H20ClN3O4S. The van der Waals surface area contributed by atoms with E-state index in [1.54, 1.807) is 16.9 Å². The largest absolute Gasteiger partial charge is 0.497 e. The van der Waals surface area contributed by atoms with Crippen LogP contribution in [0.15, 0.2) is 64.5 Å². The van der Waals surface area contributed by atoms with Crippen molar-refractivity contribution in [1.29, 1.82) is 0 Å². The lowest BCUT2D eigenvalue weighted by atomic mass is 10.3. The number of nitrogens with one attached hydrogen (secondary N) is 1. The number of carbonyl (C=O) groups excluding carboxylic acids is 1. The highest BCUT2D eigenvalue weighted by molar-refractivity contribution is 7.91. The smallest absolute Gasteiger partial charge is 0.226 e. The minimum Gasteiger partial charge on any atom is -0.497 e. The molecule has 7 nitrogen and oxygen atoms in total. The van der Waals surface area contributed by atoms with E-state index in [-0.39, 0.29) is 22.1 Å². The molecule has 0 radical (unpaired) electrons. The number of benzene rings is 2. The van der Waals surface area contributed by atoms with Gasteiger partial charge >= 0.3 is 0 Å². The topological polar surface area (TPSA) is 90.3 Å². The van der Waals surface area contributed by atoms with Gasteiger partial charge in [0.25, 0.3) is 0 Å². The lowest BCUT2D eigenvalue weighted by Gasteiger charge is -2.11. The first-order valence-corrected chi connectivity index (χ1v) is 10.6. The standard InChI is InChI=1S/C20H20ClN3O4S/c1-14-7-9-24(23-14)10-8-20(25)22-16-11-17(28-2)13-19(12-16)29(26,27)18-5-3-15(21)4-6-18/h3-7,9,11-13H,8,10H2,1-2H3,(H,22,25). The van der Waals surface area contributed by atoms with Crippen molar-refractivity contribution in [2.45, 2.75) is 29.7 Å². The van der Waals surface area contributed by atoms with Gasteiger partial charge in [-0.1, -0.05) is 11.6 Å². The van der Waals surface area contributed by atoms with Crippen LogP contribution in [0.5, 0.6) is 5.75 Å². The lowest BCUT2D eigenvalue weighted by Crippen LogP contribution is -2.15. The van der Waals surface area contributed by atoms with E-state index in [1.165, 1.54) is 43.5 Å². The Labute approximate surface area is 174 Å². The fraction of sp³-hybridized carbons (Fsp3) is 0.200. The van der Waals surface area contributed by atoms with Gasteiger partial charge in [-0.3, -0.25) is 9.48 Å². The molecule has 0 aliphatic rings. The number of anilines is 1. The Morgan fingerprint density at radius 2 is 1.86 bits per heavy atom. The SMILES string of the molecule is COc1cc(NC(=O)CCn2ccc(C)n2)cc(S(=O)(=O)c2ccc(Cl)cc2)c1. The summed E-state index contributed by atoms with van der Waals surface area (Å²) in [4.78, 5) is 12.4. The van der Waals surface area contributed by atoms with Gasteiger partial charge < -0.3 is 10.1 Å². The van der Waals surface area contributed by atoms with Crippen LogP contribution in [-0.2, 0) is 21.2 Å². The molecule has 0 unspecified atom stereocenters. The maximum absolute atomic E-state index is 12.9. The summed E-state index contributed by atoms with van der Waals surface area (Å²) >= 11 is 5.84. The molecule has 9 heteroatoms. The van der Waals surface area contributed by atoms with Gasteiger partial charge in [-0.2, -0.15) is 5.10 Å². The summed E-state index contributed by atoms with van der Waals surface area (Å²) in [5, 5.41) is 7.39. The van der Waals surface area contributed by atoms with Gasteiger partial charge in [-0.05, 0) is 49.4 Å². The number of aromatic nitrogens is 2. The molecule has 0 atom stereocenters. The summed E-state index contributed by atoms with van der Waals surface area (Å²) in [6.07, 6.45) is 1.99. The van der Waals surface area contributed by atoms with Gasteiger partial charge in [0.1, 0.15) is 5.75 Å². The molecule has 29 heavy (non-hydrogen) atoms. The number of hydrogen-bond acceptors (Lipinski definition) is 5. The summed E-state index contributed by atoms with van der Waals surface area (Å²) in [6.45, 7) is 2.29. The summed E-state index contributed by atoms with van der Waals surface area (Å²) in [7, 11) is -2.37. The van der Waals surface area contributed by atoms with Gasteiger partial charge in [-0.25, -0.2) is 8.42 Å². The number of hydrogen-bond donors (Lipinski definition) is 1. The van der Waals surface area contributed by atoms with E-state index in [2.05, 4.69) is 10.4 Å². The molecule has 0 fully saturated rings. The molecule has 1 aromatic heterocycles. The summed E-state index contributed by atoms with van der Waals surface area (Å²) in [6, 6.07) is 12.1. The van der Waals surface area contributed by atoms with Crippen LogP contribution >= 0.6 is 11.6 Å². The Balaban J connectivity index is 1.81. The van der Waals surface area contributed by atoms with Crippen molar-refractivity contribution in [3.05, 3.63) is 65.4 Å². The van der Waals surface area contributed by atoms with Crippen LogP contribution < -0.4 is 10.1 Å². The molecule has 2 aromatic carbocycles. The zero-order chi connectivity index (χ0) is 21.0. The maximum Gasteiger partial charge on any atom is 0.226 e. The summed E-state index contributed by atoms with van der Waals surface area (Å²) < 4.78 is 32.8. The van der Waals surface area contributed by atoms with Crippen molar-refractivity contribution in [3.8, 4) is 5.75 Å². The van der Waals surface area contributed by atoms with Crippen molar-refractivity contribution in [2.75, 3.05) is 12.4 Å². The third-order valence-corrected chi connectivity index (χ3v) is 6.18. The minimum absolute atomic E-state index is 0.0113. The van der Waals surface area contributed by atoms with Crippen LogP contribution in [-0.4, -0.2) is 31.2 Å². The first kappa shape index (κ1) is 20.9. The molecule has 1 amide bonds. The fourth-order valence-corrected chi connectivity index (χ4v) is 4.14. The van der Waals surface area contributed by atoms with Gasteiger partial charge in [0.15, 0.2) is 0 Å². The highest BCUT2D eigenvalue weighted by atomic mass is 35.5. The number of aryl methyl sites for hydroxylation is 2. The van der Waals surface area contributed by atoms with E-state index >= 15 is 0 Å². The highest BCUT2D eigenvalue weighted by Crippen LogP contribution is 2.29. The van der Waals surface area contributed by atoms with E-state index in [1.807, 2.05) is 13.0 Å². The molecule has 0 bridgehead atoms. The maximum atomic E-state index is 12.9. The molecule has 0 saturated carbocycles. The first-order chi connectivity index (χ1) is 13.8. The number of ether oxygens (including phenoxy) is 1. The van der Waals surface area contributed by atoms with Crippen LogP contribution in [0, 0.1) is 6.92 Å². The van der Waals surface area contributed by atoms with Gasteiger partial charge in [0, 0.05) is 35.9 Å². The Morgan fingerprint density at radius 1 is 1.14 bits per heavy atom. The zero-order valence-corrected chi connectivity index (χ0v) is 17.5. The van der Waals surface area contributed by atoms with E-state index in [4.69, 9.17) is 16.3 Å². The Bertz CT molecular complexity index is 1120. The van der Waals surface area contributed by atoms with E-state index in [9.17, 15) is 13.2 Å². The van der Waals surface area contributed by atoms with Crippen LogP contribution in [0.4, 0.5) is 5.69 Å². The number of sulfone groups is 1. The normalized spacial score (nSPS) is 11.3. The summed E-state index contributed by atoms with van der Waals surface area (Å²) in [5.41, 5.74) is 1.20. The average Bonchev–Trinajstić information content (AvgIpc) is 3.11. The number of methoxy groups -OCH3 is 1. The van der Waals surface area contributed by atoms with E-state index < -0.39 is 9.84 Å². The molecular weight excluding hydrogens is 414 g/mol. The number of amides is 1. The Kier molecular flexibility index (Phi) is 6.24. The van der Waals surface area contributed by atoms with Crippen LogP contribution in [0.1, 0.15) is 12.1 Å². The van der Waals surface area contributed by atoms with Crippen molar-refractivity contribution in [3.63, 3.8) is 0 Å². The molecule has 0 saturated heterocycles. The lowest BCUT2D eigenvalue weighted by molar-refractivity contribution is -0.116. The van der Waals surface area contributed by atoms with Crippen molar-refractivity contribution in [2.24, 2.45) is 0 Å². The number of halogens is 1. The third kappa shape index (κ3) is 5.16. The van der Waals surface area contributed by atoms with E-state index in [0.717, 1.165) is 5.69 Å². The third-order valence-electron chi connectivity index (χ3n) is 4.18. The monoisotopic (exact) mass is 433 g/mol. The highest BCUT2D eigenvalue weighted by Gasteiger charge is 2.20.